The summed E-state index contributed by atoms with van der Waals surface area (Å²) in [6, 6.07) is 11.4. The number of piperidine rings is 1. The minimum atomic E-state index is 0.557. The largest absolute Gasteiger partial charge is 0.316 e. The molecule has 0 spiro atoms. The summed E-state index contributed by atoms with van der Waals surface area (Å²) < 4.78 is 0. The van der Waals surface area contributed by atoms with Crippen molar-refractivity contribution in [3.8, 4) is 0 Å². The Morgan fingerprint density at radius 1 is 1.29 bits per heavy atom. The lowest BCUT2D eigenvalue weighted by atomic mass is 9.89. The smallest absolute Gasteiger partial charge is 0.0345 e. The Bertz CT molecular complexity index is 315. The van der Waals surface area contributed by atoms with Gasteiger partial charge in [-0.2, -0.15) is 0 Å². The number of nitrogens with one attached hydrogen (secondary N) is 1. The highest BCUT2D eigenvalue weighted by molar-refractivity contribution is 5.19. The average Bonchev–Trinajstić information content (AvgIpc) is 2.38. The number of nitrogens with zero attached hydrogens (tertiary/aromatic N) is 1. The van der Waals surface area contributed by atoms with Crippen LogP contribution in [0.15, 0.2) is 30.3 Å². The van der Waals surface area contributed by atoms with E-state index in [2.05, 4.69) is 54.6 Å². The first kappa shape index (κ1) is 12.6. The van der Waals surface area contributed by atoms with Crippen LogP contribution in [0, 0.1) is 5.92 Å². The Balaban J connectivity index is 2.02. The second kappa shape index (κ2) is 6.18. The van der Waals surface area contributed by atoms with Gasteiger partial charge in [0.1, 0.15) is 0 Å². The van der Waals surface area contributed by atoms with Crippen LogP contribution >= 0.6 is 0 Å². The van der Waals surface area contributed by atoms with Crippen molar-refractivity contribution in [3.63, 3.8) is 0 Å². The molecule has 2 rings (SSSR count). The molecule has 1 aromatic rings. The summed E-state index contributed by atoms with van der Waals surface area (Å²) >= 11 is 0. The van der Waals surface area contributed by atoms with Gasteiger partial charge in [0.25, 0.3) is 0 Å². The van der Waals surface area contributed by atoms with E-state index in [1.807, 2.05) is 0 Å². The first-order valence-corrected chi connectivity index (χ1v) is 6.69. The van der Waals surface area contributed by atoms with Gasteiger partial charge in [-0.1, -0.05) is 30.3 Å². The van der Waals surface area contributed by atoms with E-state index < -0.39 is 0 Å². The SMILES string of the molecule is CN(C)C(CC1CCCNC1)c1ccccc1. The predicted octanol–water partition coefficient (Wildman–Crippen LogP) is 2.68. The van der Waals surface area contributed by atoms with Crippen LogP contribution in [0.1, 0.15) is 30.9 Å². The molecule has 0 amide bonds. The number of rotatable bonds is 4. The number of hydrogen-bond acceptors (Lipinski definition) is 2. The Labute approximate surface area is 105 Å². The quantitative estimate of drug-likeness (QED) is 0.858. The Kier molecular flexibility index (Phi) is 4.57. The van der Waals surface area contributed by atoms with Gasteiger partial charge in [0.05, 0.1) is 0 Å². The zero-order valence-corrected chi connectivity index (χ0v) is 11.0. The first-order chi connectivity index (χ1) is 8.27. The first-order valence-electron chi connectivity index (χ1n) is 6.69. The van der Waals surface area contributed by atoms with E-state index in [0.29, 0.717) is 6.04 Å². The van der Waals surface area contributed by atoms with Gasteiger partial charge in [0.2, 0.25) is 0 Å². The van der Waals surface area contributed by atoms with Gasteiger partial charge in [-0.25, -0.2) is 0 Å². The zero-order valence-electron chi connectivity index (χ0n) is 11.0. The summed E-state index contributed by atoms with van der Waals surface area (Å²) in [4.78, 5) is 2.35. The molecule has 0 aromatic heterocycles. The van der Waals surface area contributed by atoms with Crippen molar-refractivity contribution >= 4 is 0 Å². The fourth-order valence-corrected chi connectivity index (χ4v) is 2.76. The monoisotopic (exact) mass is 232 g/mol. The van der Waals surface area contributed by atoms with Crippen LogP contribution in [-0.2, 0) is 0 Å². The van der Waals surface area contributed by atoms with Crippen molar-refractivity contribution in [1.82, 2.24) is 10.2 Å². The molecule has 0 aliphatic carbocycles. The van der Waals surface area contributed by atoms with Gasteiger partial charge < -0.3 is 10.2 Å². The van der Waals surface area contributed by atoms with Gasteiger partial charge >= 0.3 is 0 Å². The van der Waals surface area contributed by atoms with E-state index in [0.717, 1.165) is 5.92 Å². The van der Waals surface area contributed by atoms with Crippen LogP contribution in [0.5, 0.6) is 0 Å². The van der Waals surface area contributed by atoms with E-state index >= 15 is 0 Å². The summed E-state index contributed by atoms with van der Waals surface area (Å²) in [7, 11) is 4.38. The maximum Gasteiger partial charge on any atom is 0.0345 e. The van der Waals surface area contributed by atoms with E-state index in [-0.39, 0.29) is 0 Å². The normalized spacial score (nSPS) is 22.6. The Morgan fingerprint density at radius 3 is 2.65 bits per heavy atom. The molecule has 1 saturated heterocycles. The lowest BCUT2D eigenvalue weighted by Gasteiger charge is -2.31. The molecule has 2 unspecified atom stereocenters. The Morgan fingerprint density at radius 2 is 2.06 bits per heavy atom. The molecule has 1 aliphatic heterocycles. The van der Waals surface area contributed by atoms with Crippen LogP contribution in [0.2, 0.25) is 0 Å². The summed E-state index contributed by atoms with van der Waals surface area (Å²) in [6.07, 6.45) is 3.98. The highest BCUT2D eigenvalue weighted by atomic mass is 15.1. The van der Waals surface area contributed by atoms with Crippen molar-refractivity contribution in [1.29, 1.82) is 0 Å². The molecule has 1 fully saturated rings. The van der Waals surface area contributed by atoms with Crippen LogP contribution in [0.4, 0.5) is 0 Å². The van der Waals surface area contributed by atoms with Crippen LogP contribution in [-0.4, -0.2) is 32.1 Å². The summed E-state index contributed by atoms with van der Waals surface area (Å²) in [5.41, 5.74) is 1.45. The fourth-order valence-electron chi connectivity index (χ4n) is 2.76. The fraction of sp³-hybridized carbons (Fsp3) is 0.600. The van der Waals surface area contributed by atoms with Crippen molar-refractivity contribution < 1.29 is 0 Å². The summed E-state index contributed by atoms with van der Waals surface area (Å²) in [6.45, 7) is 2.39. The molecular weight excluding hydrogens is 208 g/mol. The third-order valence-corrected chi connectivity index (χ3v) is 3.76. The molecule has 2 heteroatoms. The van der Waals surface area contributed by atoms with E-state index in [4.69, 9.17) is 0 Å². The maximum atomic E-state index is 3.51. The number of hydrogen-bond donors (Lipinski definition) is 1. The van der Waals surface area contributed by atoms with E-state index in [1.54, 1.807) is 0 Å². The van der Waals surface area contributed by atoms with Gasteiger partial charge in [0.15, 0.2) is 0 Å². The second-order valence-electron chi connectivity index (χ2n) is 5.34. The highest BCUT2D eigenvalue weighted by Gasteiger charge is 2.21. The van der Waals surface area contributed by atoms with E-state index in [9.17, 15) is 0 Å². The molecule has 2 nitrogen and oxygen atoms in total. The molecule has 0 radical (unpaired) electrons. The third-order valence-electron chi connectivity index (χ3n) is 3.76. The molecule has 0 bridgehead atoms. The van der Waals surface area contributed by atoms with Gasteiger partial charge in [-0.15, -0.1) is 0 Å². The summed E-state index contributed by atoms with van der Waals surface area (Å²) in [5, 5.41) is 3.51. The maximum absolute atomic E-state index is 3.51. The Hall–Kier alpha value is -0.860. The van der Waals surface area contributed by atoms with Crippen molar-refractivity contribution in [3.05, 3.63) is 35.9 Å². The van der Waals surface area contributed by atoms with Crippen LogP contribution < -0.4 is 5.32 Å². The van der Waals surface area contributed by atoms with Crippen molar-refractivity contribution in [2.45, 2.75) is 25.3 Å². The van der Waals surface area contributed by atoms with Crippen molar-refractivity contribution in [2.24, 2.45) is 5.92 Å². The highest BCUT2D eigenvalue weighted by Crippen LogP contribution is 2.28. The van der Waals surface area contributed by atoms with Crippen LogP contribution in [0.3, 0.4) is 0 Å². The van der Waals surface area contributed by atoms with Crippen LogP contribution in [0.25, 0.3) is 0 Å². The van der Waals surface area contributed by atoms with Crippen molar-refractivity contribution in [2.75, 3.05) is 27.2 Å². The van der Waals surface area contributed by atoms with E-state index in [1.165, 1.54) is 37.9 Å². The van der Waals surface area contributed by atoms with Gasteiger partial charge in [-0.3, -0.25) is 0 Å². The minimum absolute atomic E-state index is 0.557. The number of benzene rings is 1. The molecule has 1 heterocycles. The molecule has 0 saturated carbocycles. The third kappa shape index (κ3) is 3.55. The minimum Gasteiger partial charge on any atom is -0.316 e. The second-order valence-corrected chi connectivity index (χ2v) is 5.34. The predicted molar refractivity (Wildman–Crippen MR) is 73.1 cm³/mol. The van der Waals surface area contributed by atoms with Gasteiger partial charge in [-0.05, 0) is 57.9 Å². The topological polar surface area (TPSA) is 15.3 Å². The molecule has 1 aromatic carbocycles. The average molecular weight is 232 g/mol. The standard InChI is InChI=1S/C15H24N2/c1-17(2)15(14-8-4-3-5-9-14)11-13-7-6-10-16-12-13/h3-5,8-9,13,15-16H,6-7,10-12H2,1-2H3. The molecule has 1 N–H and O–H groups in total. The molecule has 94 valence electrons. The molecular formula is C15H24N2. The van der Waals surface area contributed by atoms with Gasteiger partial charge in [0, 0.05) is 6.04 Å². The summed E-state index contributed by atoms with van der Waals surface area (Å²) in [5.74, 6) is 0.830. The zero-order chi connectivity index (χ0) is 12.1. The lowest BCUT2D eigenvalue weighted by molar-refractivity contribution is 0.225. The lowest BCUT2D eigenvalue weighted by Crippen LogP contribution is -2.33. The molecule has 2 atom stereocenters. The molecule has 17 heavy (non-hydrogen) atoms. The molecule has 1 aliphatic rings.